The molecule has 9 nitrogen and oxygen atoms in total. The summed E-state index contributed by atoms with van der Waals surface area (Å²) in [5.74, 6) is -0.871. The summed E-state index contributed by atoms with van der Waals surface area (Å²) in [6.45, 7) is 4.17. The van der Waals surface area contributed by atoms with Crippen LogP contribution in [-0.2, 0) is 11.3 Å². The number of benzene rings is 2. The van der Waals surface area contributed by atoms with E-state index < -0.39 is 11.7 Å². The number of aromatic amines is 1. The molecule has 0 fully saturated rings. The molecule has 0 bridgehead atoms. The van der Waals surface area contributed by atoms with Crippen LogP contribution in [0.25, 0.3) is 28.0 Å². The van der Waals surface area contributed by atoms with Crippen molar-refractivity contribution in [1.29, 1.82) is 0 Å². The van der Waals surface area contributed by atoms with Crippen molar-refractivity contribution in [3.8, 4) is 28.6 Å². The Bertz CT molecular complexity index is 1350. The van der Waals surface area contributed by atoms with Crippen LogP contribution in [0.1, 0.15) is 31.7 Å². The molecular weight excluding hydrogens is 400 g/mol. The molecule has 0 unspecified atom stereocenters. The van der Waals surface area contributed by atoms with Crippen molar-refractivity contribution in [2.24, 2.45) is 0 Å². The summed E-state index contributed by atoms with van der Waals surface area (Å²) in [4.78, 5) is 23.4. The summed E-state index contributed by atoms with van der Waals surface area (Å²) in [6.07, 6.45) is 1.81. The first-order chi connectivity index (χ1) is 14.8. The van der Waals surface area contributed by atoms with Gasteiger partial charge in [-0.1, -0.05) is 13.8 Å². The minimum absolute atomic E-state index is 0.000353. The van der Waals surface area contributed by atoms with Crippen LogP contribution in [0, 0.1) is 0 Å². The van der Waals surface area contributed by atoms with E-state index in [0.29, 0.717) is 23.4 Å². The van der Waals surface area contributed by atoms with Crippen LogP contribution in [0.2, 0.25) is 0 Å². The number of carbonyl (C=O) groups is 1. The summed E-state index contributed by atoms with van der Waals surface area (Å²) < 4.78 is 3.19. The highest BCUT2D eigenvalue weighted by molar-refractivity contribution is 5.83. The molecule has 0 radical (unpaired) electrons. The highest BCUT2D eigenvalue weighted by Crippen LogP contribution is 2.37. The SMILES string of the molecule is CC(C)c1cc(-c2n[nH]c(=O)n2-c2ccc3c(ccn3CCC(=O)O)c2)c(O)cc1O. The molecule has 4 N–H and O–H groups in total. The number of hydrogen-bond donors (Lipinski definition) is 4. The number of nitrogens with zero attached hydrogens (tertiary/aromatic N) is 3. The van der Waals surface area contributed by atoms with Crippen LogP contribution in [0.15, 0.2) is 47.4 Å². The molecule has 0 saturated heterocycles. The second-order valence-electron chi connectivity index (χ2n) is 7.67. The van der Waals surface area contributed by atoms with Gasteiger partial charge in [-0.3, -0.25) is 4.79 Å². The molecule has 0 aliphatic heterocycles. The maximum absolute atomic E-state index is 12.6. The van der Waals surface area contributed by atoms with Crippen LogP contribution in [0.3, 0.4) is 0 Å². The Kier molecular flexibility index (Phi) is 5.02. The van der Waals surface area contributed by atoms with Gasteiger partial charge in [0.1, 0.15) is 11.5 Å². The highest BCUT2D eigenvalue weighted by Gasteiger charge is 2.20. The Hall–Kier alpha value is -4.01. The smallest absolute Gasteiger partial charge is 0.348 e. The number of aromatic hydroxyl groups is 2. The van der Waals surface area contributed by atoms with E-state index in [0.717, 1.165) is 10.9 Å². The van der Waals surface area contributed by atoms with Gasteiger partial charge >= 0.3 is 11.7 Å². The molecule has 2 aromatic heterocycles. The zero-order valence-corrected chi connectivity index (χ0v) is 17.0. The number of carboxylic acid groups (broad SMARTS) is 1. The monoisotopic (exact) mass is 422 g/mol. The number of rotatable bonds is 6. The maximum Gasteiger partial charge on any atom is 0.348 e. The number of nitrogens with one attached hydrogen (secondary N) is 1. The van der Waals surface area contributed by atoms with Gasteiger partial charge in [0.15, 0.2) is 5.82 Å². The van der Waals surface area contributed by atoms with Gasteiger partial charge in [-0.15, -0.1) is 0 Å². The lowest BCUT2D eigenvalue weighted by Gasteiger charge is -2.13. The predicted octanol–water partition coefficient (Wildman–Crippen LogP) is 3.19. The number of fused-ring (bicyclic) bond motifs is 1. The third-order valence-corrected chi connectivity index (χ3v) is 5.26. The molecule has 0 amide bonds. The Labute approximate surface area is 176 Å². The maximum atomic E-state index is 12.6. The molecule has 0 atom stereocenters. The van der Waals surface area contributed by atoms with Gasteiger partial charge in [0.05, 0.1) is 17.7 Å². The van der Waals surface area contributed by atoms with Crippen molar-refractivity contribution in [2.75, 3.05) is 0 Å². The van der Waals surface area contributed by atoms with Crippen LogP contribution in [0.5, 0.6) is 11.5 Å². The number of aliphatic carboxylic acids is 1. The normalized spacial score (nSPS) is 11.5. The second kappa shape index (κ2) is 7.67. The molecule has 4 rings (SSSR count). The van der Waals surface area contributed by atoms with Crippen molar-refractivity contribution < 1.29 is 20.1 Å². The first kappa shape index (κ1) is 20.3. The molecule has 0 spiro atoms. The molecule has 0 aliphatic rings. The van der Waals surface area contributed by atoms with Crippen molar-refractivity contribution in [3.63, 3.8) is 0 Å². The molecule has 31 heavy (non-hydrogen) atoms. The summed E-state index contributed by atoms with van der Waals surface area (Å²) in [6, 6.07) is 10.1. The van der Waals surface area contributed by atoms with E-state index in [1.165, 1.54) is 10.6 Å². The van der Waals surface area contributed by atoms with E-state index in [4.69, 9.17) is 5.11 Å². The quantitative estimate of drug-likeness (QED) is 0.377. The molecule has 2 heterocycles. The van der Waals surface area contributed by atoms with Gasteiger partial charge in [0.25, 0.3) is 0 Å². The minimum atomic E-state index is -0.873. The number of phenolic OH excluding ortho intramolecular Hbond substituents is 2. The lowest BCUT2D eigenvalue weighted by atomic mass is 9.98. The van der Waals surface area contributed by atoms with Gasteiger partial charge < -0.3 is 19.9 Å². The van der Waals surface area contributed by atoms with Gasteiger partial charge in [0, 0.05) is 29.7 Å². The third kappa shape index (κ3) is 3.65. The van der Waals surface area contributed by atoms with E-state index in [9.17, 15) is 19.8 Å². The van der Waals surface area contributed by atoms with Crippen molar-refractivity contribution in [1.82, 2.24) is 19.3 Å². The highest BCUT2D eigenvalue weighted by atomic mass is 16.4. The number of aromatic nitrogens is 4. The van der Waals surface area contributed by atoms with Crippen LogP contribution < -0.4 is 5.69 Å². The molecule has 4 aromatic rings. The van der Waals surface area contributed by atoms with E-state index in [1.54, 1.807) is 24.4 Å². The standard InChI is InChI=1S/C22H22N4O5/c1-12(2)15-10-16(19(28)11-18(15)27)21-23-24-22(31)26(21)14-3-4-17-13(9-14)5-7-25(17)8-6-20(29)30/h3-5,7,9-12,27-28H,6,8H2,1-2H3,(H,24,31)(H,29,30). The fourth-order valence-electron chi connectivity index (χ4n) is 3.69. The van der Waals surface area contributed by atoms with Crippen molar-refractivity contribution >= 4 is 16.9 Å². The largest absolute Gasteiger partial charge is 0.508 e. The van der Waals surface area contributed by atoms with Crippen LogP contribution in [-0.4, -0.2) is 40.6 Å². The Morgan fingerprint density at radius 2 is 1.90 bits per heavy atom. The average Bonchev–Trinajstić information content (AvgIpc) is 3.29. The first-order valence-electron chi connectivity index (χ1n) is 9.81. The van der Waals surface area contributed by atoms with Crippen molar-refractivity contribution in [3.05, 3.63) is 58.6 Å². The lowest BCUT2D eigenvalue weighted by molar-refractivity contribution is -0.137. The van der Waals surface area contributed by atoms with Crippen molar-refractivity contribution in [2.45, 2.75) is 32.7 Å². The van der Waals surface area contributed by atoms with Crippen LogP contribution in [0.4, 0.5) is 0 Å². The molecular formula is C22H22N4O5. The zero-order valence-electron chi connectivity index (χ0n) is 17.0. The van der Waals surface area contributed by atoms with E-state index in [-0.39, 0.29) is 29.7 Å². The van der Waals surface area contributed by atoms with E-state index >= 15 is 0 Å². The topological polar surface area (TPSA) is 133 Å². The minimum Gasteiger partial charge on any atom is -0.508 e. The Morgan fingerprint density at radius 3 is 2.61 bits per heavy atom. The molecule has 160 valence electrons. The van der Waals surface area contributed by atoms with Gasteiger partial charge in [-0.25, -0.2) is 14.5 Å². The zero-order chi connectivity index (χ0) is 22.3. The number of carboxylic acids is 1. The Balaban J connectivity index is 1.82. The van der Waals surface area contributed by atoms with Gasteiger partial charge in [-0.05, 0) is 41.8 Å². The van der Waals surface area contributed by atoms with Crippen LogP contribution >= 0.6 is 0 Å². The first-order valence-corrected chi connectivity index (χ1v) is 9.81. The number of phenols is 2. The molecule has 9 heteroatoms. The predicted molar refractivity (Wildman–Crippen MR) is 115 cm³/mol. The number of aryl methyl sites for hydroxylation is 1. The van der Waals surface area contributed by atoms with E-state index in [2.05, 4.69) is 10.2 Å². The Morgan fingerprint density at radius 1 is 1.13 bits per heavy atom. The molecule has 0 aliphatic carbocycles. The summed E-state index contributed by atoms with van der Waals surface area (Å²) in [5.41, 5.74) is 1.85. The van der Waals surface area contributed by atoms with Gasteiger partial charge in [-0.2, -0.15) is 5.10 Å². The lowest BCUT2D eigenvalue weighted by Crippen LogP contribution is -2.15. The number of hydrogen-bond acceptors (Lipinski definition) is 5. The summed E-state index contributed by atoms with van der Waals surface area (Å²) in [5, 5.41) is 36.8. The molecule has 2 aromatic carbocycles. The second-order valence-corrected chi connectivity index (χ2v) is 7.67. The summed E-state index contributed by atoms with van der Waals surface area (Å²) in [7, 11) is 0. The number of H-pyrrole nitrogens is 1. The third-order valence-electron chi connectivity index (χ3n) is 5.26. The fraction of sp³-hybridized carbons (Fsp3) is 0.227. The van der Waals surface area contributed by atoms with Gasteiger partial charge in [0.2, 0.25) is 0 Å². The van der Waals surface area contributed by atoms with E-state index in [1.807, 2.05) is 30.5 Å². The summed E-state index contributed by atoms with van der Waals surface area (Å²) >= 11 is 0. The fourth-order valence-corrected chi connectivity index (χ4v) is 3.69. The average molecular weight is 422 g/mol. The molecule has 0 saturated carbocycles.